The van der Waals surface area contributed by atoms with E-state index in [2.05, 4.69) is 18.7 Å². The van der Waals surface area contributed by atoms with Crippen molar-refractivity contribution >= 4 is 0 Å². The first-order valence-corrected chi connectivity index (χ1v) is 3.55. The van der Waals surface area contributed by atoms with E-state index in [9.17, 15) is 4.39 Å². The second kappa shape index (κ2) is 2.65. The largest absolute Gasteiger partial charge is 0.297 e. The molecule has 0 atom stereocenters. The summed E-state index contributed by atoms with van der Waals surface area (Å²) in [5.74, 6) is 0.678. The Morgan fingerprint density at radius 2 is 2.11 bits per heavy atom. The molecule has 1 aliphatic heterocycles. The SMILES string of the molecule is CC(C)CN1CC(F)C1. The molecule has 0 saturated carbocycles. The first-order chi connectivity index (χ1) is 4.18. The van der Waals surface area contributed by atoms with Crippen molar-refractivity contribution in [2.24, 2.45) is 5.92 Å². The van der Waals surface area contributed by atoms with Gasteiger partial charge in [-0.25, -0.2) is 4.39 Å². The third-order valence-electron chi connectivity index (χ3n) is 1.54. The topological polar surface area (TPSA) is 3.24 Å². The molecule has 0 N–H and O–H groups in total. The highest BCUT2D eigenvalue weighted by molar-refractivity contribution is 4.79. The minimum Gasteiger partial charge on any atom is -0.297 e. The predicted octanol–water partition coefficient (Wildman–Crippen LogP) is 1.30. The van der Waals surface area contributed by atoms with Gasteiger partial charge < -0.3 is 0 Å². The van der Waals surface area contributed by atoms with Gasteiger partial charge in [-0.05, 0) is 5.92 Å². The second-order valence-corrected chi connectivity index (χ2v) is 3.21. The Morgan fingerprint density at radius 1 is 1.56 bits per heavy atom. The smallest absolute Gasteiger partial charge is 0.125 e. The zero-order valence-corrected chi connectivity index (χ0v) is 6.10. The molecular weight excluding hydrogens is 117 g/mol. The predicted molar refractivity (Wildman–Crippen MR) is 36.2 cm³/mol. The van der Waals surface area contributed by atoms with Gasteiger partial charge in [-0.1, -0.05) is 13.8 Å². The second-order valence-electron chi connectivity index (χ2n) is 3.21. The summed E-state index contributed by atoms with van der Waals surface area (Å²) in [5, 5.41) is 0. The molecule has 0 unspecified atom stereocenters. The van der Waals surface area contributed by atoms with E-state index in [1.807, 2.05) is 0 Å². The van der Waals surface area contributed by atoms with Gasteiger partial charge in [-0.15, -0.1) is 0 Å². The summed E-state index contributed by atoms with van der Waals surface area (Å²) in [6.07, 6.45) is -0.538. The molecule has 9 heavy (non-hydrogen) atoms. The fourth-order valence-electron chi connectivity index (χ4n) is 1.17. The molecule has 54 valence electrons. The van der Waals surface area contributed by atoms with E-state index in [1.54, 1.807) is 0 Å². The number of rotatable bonds is 2. The number of likely N-dealkylation sites (tertiary alicyclic amines) is 1. The number of nitrogens with zero attached hydrogens (tertiary/aromatic N) is 1. The molecule has 1 aliphatic rings. The van der Waals surface area contributed by atoms with Crippen LogP contribution in [-0.2, 0) is 0 Å². The van der Waals surface area contributed by atoms with E-state index < -0.39 is 6.17 Å². The summed E-state index contributed by atoms with van der Waals surface area (Å²) in [4.78, 5) is 2.15. The van der Waals surface area contributed by atoms with E-state index in [-0.39, 0.29) is 0 Å². The molecule has 0 spiro atoms. The number of alkyl halides is 1. The lowest BCUT2D eigenvalue weighted by atomic mass is 10.1. The Morgan fingerprint density at radius 3 is 2.44 bits per heavy atom. The maximum Gasteiger partial charge on any atom is 0.125 e. The summed E-state index contributed by atoms with van der Waals surface area (Å²) < 4.78 is 12.2. The Kier molecular flexibility index (Phi) is 2.06. The van der Waals surface area contributed by atoms with E-state index in [1.165, 1.54) is 0 Å². The molecule has 0 aromatic rings. The van der Waals surface area contributed by atoms with Crippen molar-refractivity contribution in [2.75, 3.05) is 19.6 Å². The normalized spacial score (nSPS) is 22.7. The zero-order chi connectivity index (χ0) is 6.85. The highest BCUT2D eigenvalue weighted by atomic mass is 19.1. The van der Waals surface area contributed by atoms with Crippen molar-refractivity contribution in [2.45, 2.75) is 20.0 Å². The molecule has 1 rings (SSSR count). The third-order valence-corrected chi connectivity index (χ3v) is 1.54. The molecule has 2 heteroatoms. The molecule has 1 saturated heterocycles. The van der Waals surface area contributed by atoms with Gasteiger partial charge >= 0.3 is 0 Å². The standard InChI is InChI=1S/C7H14FN/c1-6(2)3-9-4-7(8)5-9/h6-7H,3-5H2,1-2H3. The van der Waals surface area contributed by atoms with Gasteiger partial charge in [-0.3, -0.25) is 4.90 Å². The monoisotopic (exact) mass is 131 g/mol. The summed E-state index contributed by atoms with van der Waals surface area (Å²) in [5.41, 5.74) is 0. The van der Waals surface area contributed by atoms with E-state index in [0.717, 1.165) is 6.54 Å². The molecule has 0 bridgehead atoms. The molecule has 0 radical (unpaired) electrons. The van der Waals surface area contributed by atoms with Crippen LogP contribution < -0.4 is 0 Å². The van der Waals surface area contributed by atoms with Crippen LogP contribution in [-0.4, -0.2) is 30.7 Å². The molecule has 0 aromatic carbocycles. The van der Waals surface area contributed by atoms with Crippen molar-refractivity contribution in [3.05, 3.63) is 0 Å². The van der Waals surface area contributed by atoms with Crippen molar-refractivity contribution in [3.8, 4) is 0 Å². The third kappa shape index (κ3) is 1.94. The quantitative estimate of drug-likeness (QED) is 0.546. The van der Waals surface area contributed by atoms with Crippen molar-refractivity contribution in [1.82, 2.24) is 4.90 Å². The van der Waals surface area contributed by atoms with Crippen LogP contribution in [0.1, 0.15) is 13.8 Å². The van der Waals surface area contributed by atoms with Crippen LogP contribution in [0.15, 0.2) is 0 Å². The molecule has 1 fully saturated rings. The molecular formula is C7H14FN. The van der Waals surface area contributed by atoms with Crippen LogP contribution >= 0.6 is 0 Å². The van der Waals surface area contributed by atoms with Crippen LogP contribution in [0, 0.1) is 5.92 Å². The number of hydrogen-bond acceptors (Lipinski definition) is 1. The Bertz CT molecular complexity index is 86.9. The van der Waals surface area contributed by atoms with Gasteiger partial charge in [-0.2, -0.15) is 0 Å². The van der Waals surface area contributed by atoms with Gasteiger partial charge in [0, 0.05) is 19.6 Å². The first-order valence-electron chi connectivity index (χ1n) is 3.55. The average molecular weight is 131 g/mol. The molecule has 0 aromatic heterocycles. The van der Waals surface area contributed by atoms with Gasteiger partial charge in [0.25, 0.3) is 0 Å². The van der Waals surface area contributed by atoms with Crippen LogP contribution in [0.3, 0.4) is 0 Å². The highest BCUT2D eigenvalue weighted by Crippen LogP contribution is 2.12. The number of hydrogen-bond donors (Lipinski definition) is 0. The molecule has 0 aliphatic carbocycles. The van der Waals surface area contributed by atoms with Gasteiger partial charge in [0.05, 0.1) is 0 Å². The maximum absolute atomic E-state index is 12.2. The molecule has 1 heterocycles. The van der Waals surface area contributed by atoms with Crippen LogP contribution in [0.5, 0.6) is 0 Å². The summed E-state index contributed by atoms with van der Waals surface area (Å²) in [6, 6.07) is 0. The lowest BCUT2D eigenvalue weighted by molar-refractivity contribution is 0.0559. The van der Waals surface area contributed by atoms with Crippen molar-refractivity contribution in [1.29, 1.82) is 0 Å². The van der Waals surface area contributed by atoms with Crippen LogP contribution in [0.4, 0.5) is 4.39 Å². The summed E-state index contributed by atoms with van der Waals surface area (Å²) >= 11 is 0. The lowest BCUT2D eigenvalue weighted by Crippen LogP contribution is -2.49. The maximum atomic E-state index is 12.2. The average Bonchev–Trinajstić information content (AvgIpc) is 1.60. The Balaban J connectivity index is 2.04. The number of halogens is 1. The summed E-state index contributed by atoms with van der Waals surface area (Å²) in [7, 11) is 0. The first kappa shape index (κ1) is 7.00. The van der Waals surface area contributed by atoms with Gasteiger partial charge in [0.15, 0.2) is 0 Å². The highest BCUT2D eigenvalue weighted by Gasteiger charge is 2.25. The fourth-order valence-corrected chi connectivity index (χ4v) is 1.17. The van der Waals surface area contributed by atoms with E-state index >= 15 is 0 Å². The van der Waals surface area contributed by atoms with Gasteiger partial charge in [0.2, 0.25) is 0 Å². The molecule has 1 nitrogen and oxygen atoms in total. The van der Waals surface area contributed by atoms with Gasteiger partial charge in [0.1, 0.15) is 6.17 Å². The minimum absolute atomic E-state index is 0.538. The van der Waals surface area contributed by atoms with Crippen LogP contribution in [0.2, 0.25) is 0 Å². The minimum atomic E-state index is -0.538. The van der Waals surface area contributed by atoms with E-state index in [4.69, 9.17) is 0 Å². The van der Waals surface area contributed by atoms with E-state index in [0.29, 0.717) is 19.0 Å². The van der Waals surface area contributed by atoms with Crippen molar-refractivity contribution < 1.29 is 4.39 Å². The Hall–Kier alpha value is -0.110. The van der Waals surface area contributed by atoms with Crippen molar-refractivity contribution in [3.63, 3.8) is 0 Å². The Labute approximate surface area is 55.8 Å². The fraction of sp³-hybridized carbons (Fsp3) is 1.00. The molecule has 0 amide bonds. The summed E-state index contributed by atoms with van der Waals surface area (Å²) in [6.45, 7) is 6.70. The lowest BCUT2D eigenvalue weighted by Gasteiger charge is -2.35. The zero-order valence-electron chi connectivity index (χ0n) is 6.10. The van der Waals surface area contributed by atoms with Crippen LogP contribution in [0.25, 0.3) is 0 Å².